The normalized spacial score (nSPS) is 14.1. The minimum Gasteiger partial charge on any atom is -0.480 e. The third-order valence-corrected chi connectivity index (χ3v) is 2.69. The highest BCUT2D eigenvalue weighted by atomic mass is 19.1. The lowest BCUT2D eigenvalue weighted by Gasteiger charge is -2.18. The van der Waals surface area contributed by atoms with Gasteiger partial charge in [0.1, 0.15) is 12.1 Å². The fourth-order valence-corrected chi connectivity index (χ4v) is 1.81. The van der Waals surface area contributed by atoms with E-state index >= 15 is 0 Å². The van der Waals surface area contributed by atoms with Gasteiger partial charge in [-0.05, 0) is 31.2 Å². The molecule has 6 nitrogen and oxygen atoms in total. The van der Waals surface area contributed by atoms with E-state index in [0.717, 1.165) is 0 Å². The molecule has 100 valence electrons. The van der Waals surface area contributed by atoms with Crippen molar-refractivity contribution >= 4 is 5.97 Å². The van der Waals surface area contributed by atoms with Gasteiger partial charge in [-0.25, -0.2) is 9.18 Å². The highest BCUT2D eigenvalue weighted by Crippen LogP contribution is 2.22. The zero-order chi connectivity index (χ0) is 14.0. The van der Waals surface area contributed by atoms with Crippen LogP contribution in [0.2, 0.25) is 0 Å². The van der Waals surface area contributed by atoms with Gasteiger partial charge in [0.2, 0.25) is 0 Å². The summed E-state index contributed by atoms with van der Waals surface area (Å²) in [6.07, 6.45) is 0.109. The summed E-state index contributed by atoms with van der Waals surface area (Å²) in [5.41, 5.74) is 0.519. The van der Waals surface area contributed by atoms with Gasteiger partial charge in [-0.1, -0.05) is 0 Å². The van der Waals surface area contributed by atoms with Gasteiger partial charge in [0.15, 0.2) is 11.9 Å². The lowest BCUT2D eigenvalue weighted by molar-refractivity contribution is -0.144. The molecule has 1 heterocycles. The number of benzene rings is 1. The summed E-state index contributed by atoms with van der Waals surface area (Å²) in [4.78, 5) is 11.2. The highest BCUT2D eigenvalue weighted by molar-refractivity contribution is 5.73. The molecule has 2 aromatic rings. The number of aliphatic hydroxyl groups excluding tert-OH is 1. The molecule has 0 spiro atoms. The molecule has 0 saturated carbocycles. The molecule has 0 aliphatic carbocycles. The first-order valence-corrected chi connectivity index (χ1v) is 5.57. The third kappa shape index (κ3) is 2.60. The summed E-state index contributed by atoms with van der Waals surface area (Å²) in [7, 11) is 0. The Hall–Kier alpha value is -2.28. The SMILES string of the molecule is CC(O)C(C(=O)O)n1cnnc1-c1ccc(F)cc1. The number of hydrogen-bond acceptors (Lipinski definition) is 4. The molecule has 2 unspecified atom stereocenters. The van der Waals surface area contributed by atoms with Crippen molar-refractivity contribution in [3.63, 3.8) is 0 Å². The number of carboxylic acid groups (broad SMARTS) is 1. The maximum absolute atomic E-state index is 12.9. The van der Waals surface area contributed by atoms with Crippen LogP contribution in [0, 0.1) is 5.82 Å². The predicted molar refractivity (Wildman–Crippen MR) is 63.8 cm³/mol. The summed E-state index contributed by atoms with van der Waals surface area (Å²) in [6, 6.07) is 4.22. The second kappa shape index (κ2) is 5.15. The third-order valence-electron chi connectivity index (χ3n) is 2.69. The summed E-state index contributed by atoms with van der Waals surface area (Å²) in [5.74, 6) is -1.34. The van der Waals surface area contributed by atoms with Crippen molar-refractivity contribution in [2.24, 2.45) is 0 Å². The van der Waals surface area contributed by atoms with E-state index in [1.54, 1.807) is 0 Å². The van der Waals surface area contributed by atoms with Crippen LogP contribution in [-0.4, -0.2) is 37.1 Å². The van der Waals surface area contributed by atoms with Gasteiger partial charge in [-0.15, -0.1) is 10.2 Å². The van der Waals surface area contributed by atoms with Crippen LogP contribution in [0.3, 0.4) is 0 Å². The second-order valence-corrected chi connectivity index (χ2v) is 4.09. The van der Waals surface area contributed by atoms with Crippen LogP contribution in [-0.2, 0) is 4.79 Å². The van der Waals surface area contributed by atoms with E-state index in [9.17, 15) is 14.3 Å². The van der Waals surface area contributed by atoms with Crippen molar-refractivity contribution in [2.45, 2.75) is 19.1 Å². The molecule has 2 rings (SSSR count). The van der Waals surface area contributed by atoms with Crippen LogP contribution >= 0.6 is 0 Å². The maximum atomic E-state index is 12.9. The molecule has 2 N–H and O–H groups in total. The van der Waals surface area contributed by atoms with Gasteiger partial charge < -0.3 is 10.2 Å². The molecule has 0 radical (unpaired) electrons. The summed E-state index contributed by atoms with van der Waals surface area (Å²) < 4.78 is 14.1. The molecule has 0 bridgehead atoms. The van der Waals surface area contributed by atoms with Crippen molar-refractivity contribution in [1.29, 1.82) is 0 Å². The first-order chi connectivity index (χ1) is 9.00. The van der Waals surface area contributed by atoms with Crippen LogP contribution in [0.1, 0.15) is 13.0 Å². The van der Waals surface area contributed by atoms with Crippen LogP contribution in [0.4, 0.5) is 4.39 Å². The van der Waals surface area contributed by atoms with Crippen molar-refractivity contribution < 1.29 is 19.4 Å². The highest BCUT2D eigenvalue weighted by Gasteiger charge is 2.27. The van der Waals surface area contributed by atoms with Gasteiger partial charge in [0.25, 0.3) is 0 Å². The predicted octanol–water partition coefficient (Wildman–Crippen LogP) is 1.09. The molecule has 7 heteroatoms. The fourth-order valence-electron chi connectivity index (χ4n) is 1.81. The number of halogens is 1. The van der Waals surface area contributed by atoms with E-state index in [1.807, 2.05) is 0 Å². The molecule has 0 fully saturated rings. The summed E-state index contributed by atoms with van der Waals surface area (Å²) in [6.45, 7) is 1.37. The van der Waals surface area contributed by atoms with E-state index in [2.05, 4.69) is 10.2 Å². The smallest absolute Gasteiger partial charge is 0.329 e. The fraction of sp³-hybridized carbons (Fsp3) is 0.250. The lowest BCUT2D eigenvalue weighted by Crippen LogP contribution is -2.29. The van der Waals surface area contributed by atoms with Crippen LogP contribution < -0.4 is 0 Å². The van der Waals surface area contributed by atoms with Gasteiger partial charge >= 0.3 is 5.97 Å². The van der Waals surface area contributed by atoms with Crippen molar-refractivity contribution in [3.05, 3.63) is 36.4 Å². The Bertz CT molecular complexity index is 580. The lowest BCUT2D eigenvalue weighted by atomic mass is 10.1. The molecule has 1 aromatic carbocycles. The van der Waals surface area contributed by atoms with Crippen LogP contribution in [0.15, 0.2) is 30.6 Å². The van der Waals surface area contributed by atoms with E-state index in [0.29, 0.717) is 5.56 Å². The van der Waals surface area contributed by atoms with Crippen molar-refractivity contribution in [2.75, 3.05) is 0 Å². The van der Waals surface area contributed by atoms with Gasteiger partial charge in [0.05, 0.1) is 6.10 Å². The van der Waals surface area contributed by atoms with Crippen molar-refractivity contribution in [1.82, 2.24) is 14.8 Å². The Balaban J connectivity index is 2.47. The molecule has 0 aliphatic rings. The minimum atomic E-state index is -1.20. The zero-order valence-corrected chi connectivity index (χ0v) is 10.1. The second-order valence-electron chi connectivity index (χ2n) is 4.09. The van der Waals surface area contributed by atoms with Gasteiger partial charge in [-0.2, -0.15) is 0 Å². The zero-order valence-electron chi connectivity index (χ0n) is 10.1. The number of carbonyl (C=O) groups is 1. The molecule has 19 heavy (non-hydrogen) atoms. The number of aliphatic hydroxyl groups is 1. The Kier molecular flexibility index (Phi) is 3.57. The molecule has 0 amide bonds. The summed E-state index contributed by atoms with van der Waals surface area (Å²) in [5, 5.41) is 26.2. The number of carboxylic acids is 1. The Morgan fingerprint density at radius 2 is 2.00 bits per heavy atom. The van der Waals surface area contributed by atoms with Gasteiger partial charge in [-0.3, -0.25) is 4.57 Å². The molecular weight excluding hydrogens is 253 g/mol. The van der Waals surface area contributed by atoms with Crippen LogP contribution in [0.25, 0.3) is 11.4 Å². The van der Waals surface area contributed by atoms with E-state index in [-0.39, 0.29) is 5.82 Å². The number of nitrogens with zero attached hydrogens (tertiary/aromatic N) is 3. The number of aromatic nitrogens is 3. The Morgan fingerprint density at radius 1 is 1.37 bits per heavy atom. The molecule has 2 atom stereocenters. The average molecular weight is 265 g/mol. The first kappa shape index (κ1) is 13.2. The minimum absolute atomic E-state index is 0.258. The maximum Gasteiger partial charge on any atom is 0.329 e. The van der Waals surface area contributed by atoms with Crippen LogP contribution in [0.5, 0.6) is 0 Å². The number of aliphatic carboxylic acids is 1. The van der Waals surface area contributed by atoms with E-state index < -0.39 is 23.9 Å². The first-order valence-electron chi connectivity index (χ1n) is 5.57. The number of rotatable bonds is 4. The molecule has 1 aromatic heterocycles. The molecule has 0 aliphatic heterocycles. The van der Waals surface area contributed by atoms with E-state index in [4.69, 9.17) is 5.11 Å². The quantitative estimate of drug-likeness (QED) is 0.864. The monoisotopic (exact) mass is 265 g/mol. The standard InChI is InChI=1S/C12H12FN3O3/c1-7(17)10(12(18)19)16-6-14-15-11(16)8-2-4-9(13)5-3-8/h2-7,10,17H,1H3,(H,18,19). The molecular formula is C12H12FN3O3. The van der Waals surface area contributed by atoms with Crippen molar-refractivity contribution in [3.8, 4) is 11.4 Å². The topological polar surface area (TPSA) is 88.2 Å². The summed E-state index contributed by atoms with van der Waals surface area (Å²) >= 11 is 0. The molecule has 0 saturated heterocycles. The average Bonchev–Trinajstić information content (AvgIpc) is 2.78. The largest absolute Gasteiger partial charge is 0.480 e. The van der Waals surface area contributed by atoms with E-state index in [1.165, 1.54) is 42.1 Å². The van der Waals surface area contributed by atoms with Gasteiger partial charge in [0, 0.05) is 5.56 Å². The number of hydrogen-bond donors (Lipinski definition) is 2. The Labute approximate surface area is 108 Å². The Morgan fingerprint density at radius 3 is 2.53 bits per heavy atom.